The van der Waals surface area contributed by atoms with Crippen LogP contribution < -0.4 is 10.0 Å². The van der Waals surface area contributed by atoms with Gasteiger partial charge in [0.2, 0.25) is 10.0 Å². The average Bonchev–Trinajstić information content (AvgIpc) is 2.80. The molecule has 1 saturated heterocycles. The smallest absolute Gasteiger partial charge is 0.212 e. The highest BCUT2D eigenvalue weighted by molar-refractivity contribution is 9.10. The molecule has 2 N–H and O–H groups in total. The summed E-state index contributed by atoms with van der Waals surface area (Å²) in [5, 5.41) is 3.18. The van der Waals surface area contributed by atoms with Gasteiger partial charge in [-0.3, -0.25) is 0 Å². The fourth-order valence-corrected chi connectivity index (χ4v) is 3.70. The fourth-order valence-electron chi connectivity index (χ4n) is 2.02. The molecule has 0 saturated carbocycles. The number of sulfonamides is 1. The molecule has 0 aromatic heterocycles. The molecule has 1 aliphatic heterocycles. The molecule has 1 unspecified atom stereocenters. The zero-order chi connectivity index (χ0) is 13.0. The van der Waals surface area contributed by atoms with E-state index in [-0.39, 0.29) is 11.7 Å². The van der Waals surface area contributed by atoms with Gasteiger partial charge in [-0.1, -0.05) is 28.1 Å². The van der Waals surface area contributed by atoms with E-state index in [1.807, 2.05) is 24.3 Å². The van der Waals surface area contributed by atoms with Crippen LogP contribution in [0.1, 0.15) is 12.0 Å². The molecule has 1 atom stereocenters. The molecule has 1 fully saturated rings. The fraction of sp³-hybridized carbons (Fsp3) is 0.500. The lowest BCUT2D eigenvalue weighted by molar-refractivity contribution is 0.557. The van der Waals surface area contributed by atoms with E-state index in [4.69, 9.17) is 0 Å². The van der Waals surface area contributed by atoms with Crippen molar-refractivity contribution < 1.29 is 8.42 Å². The number of nitrogens with one attached hydrogen (secondary N) is 2. The summed E-state index contributed by atoms with van der Waals surface area (Å²) in [5.74, 6) is 0.462. The van der Waals surface area contributed by atoms with Crippen molar-refractivity contribution in [2.75, 3.05) is 18.8 Å². The van der Waals surface area contributed by atoms with Gasteiger partial charge in [-0.05, 0) is 43.1 Å². The lowest BCUT2D eigenvalue weighted by Gasteiger charge is -2.10. The Kier molecular flexibility index (Phi) is 4.77. The maximum absolute atomic E-state index is 11.9. The third-order valence-corrected chi connectivity index (χ3v) is 5.05. The quantitative estimate of drug-likeness (QED) is 0.858. The van der Waals surface area contributed by atoms with Crippen LogP contribution in [0.15, 0.2) is 28.7 Å². The monoisotopic (exact) mass is 332 g/mol. The van der Waals surface area contributed by atoms with Crippen LogP contribution in [0.2, 0.25) is 0 Å². The van der Waals surface area contributed by atoms with Gasteiger partial charge in [0.25, 0.3) is 0 Å². The predicted octanol–water partition coefficient (Wildman–Crippen LogP) is 1.48. The summed E-state index contributed by atoms with van der Waals surface area (Å²) >= 11 is 3.35. The van der Waals surface area contributed by atoms with Crippen LogP contribution in [0.25, 0.3) is 0 Å². The minimum absolute atomic E-state index is 0.219. The molecule has 1 aromatic carbocycles. The molecule has 1 heterocycles. The highest BCUT2D eigenvalue weighted by atomic mass is 79.9. The molecule has 0 bridgehead atoms. The van der Waals surface area contributed by atoms with E-state index in [0.717, 1.165) is 29.5 Å². The Morgan fingerprint density at radius 2 is 2.06 bits per heavy atom. The zero-order valence-corrected chi connectivity index (χ0v) is 12.4. The van der Waals surface area contributed by atoms with E-state index < -0.39 is 10.0 Å². The molecule has 18 heavy (non-hydrogen) atoms. The van der Waals surface area contributed by atoms with Gasteiger partial charge >= 0.3 is 0 Å². The Balaban J connectivity index is 1.86. The summed E-state index contributed by atoms with van der Waals surface area (Å²) in [7, 11) is -3.18. The standard InChI is InChI=1S/C12H17BrN2O2S/c13-12-3-1-10(2-4-12)8-15-18(16,17)9-11-5-6-14-7-11/h1-4,11,14-15H,5-9H2. The second-order valence-electron chi connectivity index (χ2n) is 4.59. The maximum Gasteiger partial charge on any atom is 0.212 e. The summed E-state index contributed by atoms with van der Waals surface area (Å²) in [6.07, 6.45) is 0.944. The summed E-state index contributed by atoms with van der Waals surface area (Å²) in [5.41, 5.74) is 0.964. The van der Waals surface area contributed by atoms with Crippen molar-refractivity contribution in [3.63, 3.8) is 0 Å². The molecule has 6 heteroatoms. The Morgan fingerprint density at radius 1 is 1.33 bits per heavy atom. The second kappa shape index (κ2) is 6.14. The van der Waals surface area contributed by atoms with Gasteiger partial charge in [0.05, 0.1) is 5.75 Å². The van der Waals surface area contributed by atoms with E-state index in [1.165, 1.54) is 0 Å². The molecule has 100 valence electrons. The molecule has 4 nitrogen and oxygen atoms in total. The van der Waals surface area contributed by atoms with Crippen molar-refractivity contribution in [1.29, 1.82) is 0 Å². The number of halogens is 1. The molecule has 0 radical (unpaired) electrons. The Morgan fingerprint density at radius 3 is 2.67 bits per heavy atom. The highest BCUT2D eigenvalue weighted by Crippen LogP contribution is 2.12. The lowest BCUT2D eigenvalue weighted by atomic mass is 10.2. The first kappa shape index (κ1) is 14.0. The van der Waals surface area contributed by atoms with Crippen LogP contribution in [0.4, 0.5) is 0 Å². The van der Waals surface area contributed by atoms with Crippen LogP contribution >= 0.6 is 15.9 Å². The van der Waals surface area contributed by atoms with Crippen molar-refractivity contribution in [3.8, 4) is 0 Å². The topological polar surface area (TPSA) is 58.2 Å². The summed E-state index contributed by atoms with van der Waals surface area (Å²) < 4.78 is 27.4. The molecule has 2 rings (SSSR count). The number of hydrogen-bond acceptors (Lipinski definition) is 3. The molecular weight excluding hydrogens is 316 g/mol. The van der Waals surface area contributed by atoms with Crippen LogP contribution in [-0.2, 0) is 16.6 Å². The third-order valence-electron chi connectivity index (χ3n) is 3.03. The molecule has 1 aliphatic rings. The van der Waals surface area contributed by atoms with Gasteiger partial charge in [-0.2, -0.15) is 0 Å². The molecule has 0 aliphatic carbocycles. The first-order chi connectivity index (χ1) is 8.55. The number of benzene rings is 1. The van der Waals surface area contributed by atoms with E-state index >= 15 is 0 Å². The van der Waals surface area contributed by atoms with E-state index in [9.17, 15) is 8.42 Å². The average molecular weight is 333 g/mol. The first-order valence-corrected chi connectivity index (χ1v) is 8.42. The van der Waals surface area contributed by atoms with Crippen molar-refractivity contribution in [2.24, 2.45) is 5.92 Å². The van der Waals surface area contributed by atoms with Crippen molar-refractivity contribution >= 4 is 26.0 Å². The number of hydrogen-bond donors (Lipinski definition) is 2. The largest absolute Gasteiger partial charge is 0.316 e. The van der Waals surface area contributed by atoms with Crippen molar-refractivity contribution in [3.05, 3.63) is 34.3 Å². The Hall–Kier alpha value is -0.430. The lowest BCUT2D eigenvalue weighted by Crippen LogP contribution is -2.30. The van der Waals surface area contributed by atoms with Crippen LogP contribution in [0.3, 0.4) is 0 Å². The summed E-state index contributed by atoms with van der Waals surface area (Å²) in [6, 6.07) is 7.63. The first-order valence-electron chi connectivity index (χ1n) is 5.98. The predicted molar refractivity (Wildman–Crippen MR) is 75.7 cm³/mol. The van der Waals surface area contributed by atoms with Crippen molar-refractivity contribution in [1.82, 2.24) is 10.0 Å². The second-order valence-corrected chi connectivity index (χ2v) is 7.35. The van der Waals surface area contributed by atoms with E-state index in [1.54, 1.807) is 0 Å². The molecular formula is C12H17BrN2O2S. The third kappa shape index (κ3) is 4.35. The minimum Gasteiger partial charge on any atom is -0.316 e. The van der Waals surface area contributed by atoms with Gasteiger partial charge in [-0.25, -0.2) is 13.1 Å². The molecule has 1 aromatic rings. The molecule has 0 spiro atoms. The van der Waals surface area contributed by atoms with Crippen molar-refractivity contribution in [2.45, 2.75) is 13.0 Å². The van der Waals surface area contributed by atoms with Gasteiger partial charge in [0.1, 0.15) is 0 Å². The van der Waals surface area contributed by atoms with E-state index in [0.29, 0.717) is 6.54 Å². The Bertz CT molecular complexity index is 481. The van der Waals surface area contributed by atoms with Crippen LogP contribution in [0.5, 0.6) is 0 Å². The van der Waals surface area contributed by atoms with Gasteiger partial charge in [0, 0.05) is 11.0 Å². The van der Waals surface area contributed by atoms with E-state index in [2.05, 4.69) is 26.0 Å². The highest BCUT2D eigenvalue weighted by Gasteiger charge is 2.21. The number of rotatable bonds is 5. The normalized spacial score (nSPS) is 20.2. The van der Waals surface area contributed by atoms with Crippen LogP contribution in [0, 0.1) is 5.92 Å². The van der Waals surface area contributed by atoms with Crippen LogP contribution in [-0.4, -0.2) is 27.3 Å². The van der Waals surface area contributed by atoms with Gasteiger partial charge < -0.3 is 5.32 Å². The Labute approximate surface area is 116 Å². The maximum atomic E-state index is 11.9. The molecule has 0 amide bonds. The summed E-state index contributed by atoms with van der Waals surface area (Å²) in [6.45, 7) is 2.09. The SMILES string of the molecule is O=S(=O)(CC1CCNC1)NCc1ccc(Br)cc1. The minimum atomic E-state index is -3.18. The van der Waals surface area contributed by atoms with Gasteiger partial charge in [-0.15, -0.1) is 0 Å². The van der Waals surface area contributed by atoms with Gasteiger partial charge in [0.15, 0.2) is 0 Å². The summed E-state index contributed by atoms with van der Waals surface area (Å²) in [4.78, 5) is 0. The zero-order valence-electron chi connectivity index (χ0n) is 10.0.